The van der Waals surface area contributed by atoms with Gasteiger partial charge in [-0.2, -0.15) is 0 Å². The number of carbonyl (C=O) groups excluding carboxylic acids is 1. The fraction of sp³-hybridized carbons (Fsp3) is 0.500. The maximum Gasteiger partial charge on any atom is 0.322 e. The second kappa shape index (κ2) is 8.04. The Morgan fingerprint density at radius 1 is 1.47 bits per heavy atom. The predicted molar refractivity (Wildman–Crippen MR) is 80.0 cm³/mol. The van der Waals surface area contributed by atoms with E-state index in [-0.39, 0.29) is 17.1 Å². The van der Waals surface area contributed by atoms with Gasteiger partial charge in [-0.25, -0.2) is 9.18 Å². The summed E-state index contributed by atoms with van der Waals surface area (Å²) in [4.78, 5) is 13.6. The lowest BCUT2D eigenvalue weighted by atomic mass is 10.3. The van der Waals surface area contributed by atoms with Crippen LogP contribution in [0, 0.1) is 5.82 Å². The van der Waals surface area contributed by atoms with Gasteiger partial charge in [-0.1, -0.05) is 25.5 Å². The molecule has 0 heterocycles. The highest BCUT2D eigenvalue weighted by atomic mass is 32.2. The largest absolute Gasteiger partial charge is 0.322 e. The minimum atomic E-state index is -0.421. The van der Waals surface area contributed by atoms with Crippen LogP contribution >= 0.6 is 11.8 Å². The summed E-state index contributed by atoms with van der Waals surface area (Å²) in [5.74, 6) is 0.602. The molecule has 1 N–H and O–H groups in total. The minimum Gasteiger partial charge on any atom is -0.316 e. The fourth-order valence-corrected chi connectivity index (χ4v) is 2.56. The summed E-state index contributed by atoms with van der Waals surface area (Å²) in [6, 6.07) is 5.88. The number of unbranched alkanes of at least 4 members (excludes halogenated alkanes) is 1. The van der Waals surface area contributed by atoms with E-state index in [4.69, 9.17) is 0 Å². The first-order valence-electron chi connectivity index (χ1n) is 6.46. The van der Waals surface area contributed by atoms with Crippen molar-refractivity contribution >= 4 is 23.5 Å². The van der Waals surface area contributed by atoms with Crippen molar-refractivity contribution in [2.24, 2.45) is 0 Å². The molecule has 0 aliphatic heterocycles. The molecule has 0 spiro atoms. The molecule has 0 bridgehead atoms. The van der Waals surface area contributed by atoms with Crippen molar-refractivity contribution < 1.29 is 9.18 Å². The van der Waals surface area contributed by atoms with E-state index in [2.05, 4.69) is 12.2 Å². The van der Waals surface area contributed by atoms with Gasteiger partial charge in [0.2, 0.25) is 0 Å². The highest BCUT2D eigenvalue weighted by Gasteiger charge is 2.16. The van der Waals surface area contributed by atoms with E-state index in [0.29, 0.717) is 0 Å². The smallest absolute Gasteiger partial charge is 0.316 e. The van der Waals surface area contributed by atoms with E-state index >= 15 is 0 Å². The second-order valence-corrected chi connectivity index (χ2v) is 5.77. The third kappa shape index (κ3) is 5.11. The zero-order chi connectivity index (χ0) is 14.3. The molecule has 3 nitrogen and oxygen atoms in total. The number of benzene rings is 1. The highest BCUT2D eigenvalue weighted by Crippen LogP contribution is 2.18. The van der Waals surface area contributed by atoms with Gasteiger partial charge in [0.25, 0.3) is 0 Å². The van der Waals surface area contributed by atoms with Crippen LogP contribution in [0.1, 0.15) is 26.7 Å². The Hall–Kier alpha value is -1.23. The number of urea groups is 1. The van der Waals surface area contributed by atoms with E-state index in [1.807, 2.05) is 6.92 Å². The summed E-state index contributed by atoms with van der Waals surface area (Å²) >= 11 is 1.72. The monoisotopic (exact) mass is 284 g/mol. The average Bonchev–Trinajstić information content (AvgIpc) is 2.40. The summed E-state index contributed by atoms with van der Waals surface area (Å²) in [6.45, 7) is 4.11. The number of anilines is 1. The first-order chi connectivity index (χ1) is 9.06. The molecule has 1 rings (SSSR count). The molecule has 0 aliphatic carbocycles. The molecule has 0 saturated heterocycles. The van der Waals surface area contributed by atoms with Crippen LogP contribution in [0.3, 0.4) is 0 Å². The van der Waals surface area contributed by atoms with Crippen molar-refractivity contribution in [3.05, 3.63) is 30.1 Å². The molecular formula is C14H21FN2OS. The number of amides is 2. The van der Waals surface area contributed by atoms with Crippen LogP contribution in [0.15, 0.2) is 24.3 Å². The minimum absolute atomic E-state index is 0.0679. The van der Waals surface area contributed by atoms with Gasteiger partial charge in [0, 0.05) is 7.05 Å². The van der Waals surface area contributed by atoms with Gasteiger partial charge in [0.1, 0.15) is 5.82 Å². The van der Waals surface area contributed by atoms with Crippen molar-refractivity contribution in [1.82, 2.24) is 4.90 Å². The highest BCUT2D eigenvalue weighted by molar-refractivity contribution is 7.99. The molecule has 1 aromatic carbocycles. The SMILES string of the molecule is CCCCSC(C)N(C)C(=O)Nc1ccccc1F. The Bertz CT molecular complexity index is 414. The lowest BCUT2D eigenvalue weighted by Gasteiger charge is -2.24. The van der Waals surface area contributed by atoms with E-state index in [1.165, 1.54) is 6.07 Å². The van der Waals surface area contributed by atoms with Crippen molar-refractivity contribution in [3.63, 3.8) is 0 Å². The normalized spacial score (nSPS) is 12.0. The van der Waals surface area contributed by atoms with Crippen LogP contribution in [0.5, 0.6) is 0 Å². The van der Waals surface area contributed by atoms with Crippen molar-refractivity contribution in [1.29, 1.82) is 0 Å². The van der Waals surface area contributed by atoms with E-state index in [0.717, 1.165) is 18.6 Å². The van der Waals surface area contributed by atoms with Crippen LogP contribution in [0.25, 0.3) is 0 Å². The third-order valence-corrected chi connectivity index (χ3v) is 4.16. The third-order valence-electron chi connectivity index (χ3n) is 2.84. The molecule has 0 fully saturated rings. The number of para-hydroxylation sites is 1. The lowest BCUT2D eigenvalue weighted by Crippen LogP contribution is -2.36. The predicted octanol–water partition coefficient (Wildman–Crippen LogP) is 4.17. The van der Waals surface area contributed by atoms with E-state index < -0.39 is 5.82 Å². The van der Waals surface area contributed by atoms with Gasteiger partial charge in [-0.3, -0.25) is 0 Å². The van der Waals surface area contributed by atoms with Gasteiger partial charge in [0.15, 0.2) is 0 Å². The molecule has 1 aromatic rings. The molecule has 1 atom stereocenters. The number of rotatable bonds is 6. The average molecular weight is 284 g/mol. The summed E-state index contributed by atoms with van der Waals surface area (Å²) in [5, 5.41) is 2.65. The Morgan fingerprint density at radius 2 is 2.16 bits per heavy atom. The second-order valence-electron chi connectivity index (χ2n) is 4.34. The zero-order valence-electron chi connectivity index (χ0n) is 11.6. The van der Waals surface area contributed by atoms with Gasteiger partial charge in [0.05, 0.1) is 11.1 Å². The Balaban J connectivity index is 2.50. The van der Waals surface area contributed by atoms with Crippen LogP contribution in [-0.2, 0) is 0 Å². The van der Waals surface area contributed by atoms with E-state index in [9.17, 15) is 9.18 Å². The number of nitrogens with zero attached hydrogens (tertiary/aromatic N) is 1. The number of hydrogen-bond donors (Lipinski definition) is 1. The van der Waals surface area contributed by atoms with Crippen molar-refractivity contribution in [2.75, 3.05) is 18.1 Å². The van der Waals surface area contributed by atoms with Crippen LogP contribution in [0.4, 0.5) is 14.9 Å². The Kier molecular flexibility index (Phi) is 6.70. The molecular weight excluding hydrogens is 263 g/mol. The number of nitrogens with one attached hydrogen (secondary N) is 1. The molecule has 0 radical (unpaired) electrons. The molecule has 1 unspecified atom stereocenters. The summed E-state index contributed by atoms with van der Waals surface area (Å²) < 4.78 is 13.4. The summed E-state index contributed by atoms with van der Waals surface area (Å²) in [5.41, 5.74) is 0.213. The number of hydrogen-bond acceptors (Lipinski definition) is 2. The van der Waals surface area contributed by atoms with Crippen molar-refractivity contribution in [3.8, 4) is 0 Å². The fourth-order valence-electron chi connectivity index (χ4n) is 1.44. The summed E-state index contributed by atoms with van der Waals surface area (Å²) in [6.07, 6.45) is 2.28. The Morgan fingerprint density at radius 3 is 2.79 bits per heavy atom. The van der Waals surface area contributed by atoms with Gasteiger partial charge >= 0.3 is 6.03 Å². The van der Waals surface area contributed by atoms with Gasteiger partial charge < -0.3 is 10.2 Å². The summed E-state index contributed by atoms with van der Waals surface area (Å²) in [7, 11) is 1.72. The number of halogens is 1. The van der Waals surface area contributed by atoms with Crippen LogP contribution in [-0.4, -0.2) is 29.1 Å². The maximum atomic E-state index is 13.4. The lowest BCUT2D eigenvalue weighted by molar-refractivity contribution is 0.221. The number of thioether (sulfide) groups is 1. The molecule has 2 amide bonds. The van der Waals surface area contributed by atoms with Gasteiger partial charge in [-0.05, 0) is 31.2 Å². The topological polar surface area (TPSA) is 32.3 Å². The first-order valence-corrected chi connectivity index (χ1v) is 7.51. The van der Waals surface area contributed by atoms with Gasteiger partial charge in [-0.15, -0.1) is 11.8 Å². The van der Waals surface area contributed by atoms with Crippen molar-refractivity contribution in [2.45, 2.75) is 32.1 Å². The quantitative estimate of drug-likeness (QED) is 0.628. The maximum absolute atomic E-state index is 13.4. The molecule has 0 saturated carbocycles. The van der Waals surface area contributed by atoms with Crippen LogP contribution < -0.4 is 5.32 Å². The first kappa shape index (κ1) is 15.8. The molecule has 5 heteroatoms. The molecule has 106 valence electrons. The molecule has 0 aliphatic rings. The molecule has 19 heavy (non-hydrogen) atoms. The van der Waals surface area contributed by atoms with Crippen LogP contribution in [0.2, 0.25) is 0 Å². The molecule has 0 aromatic heterocycles. The standard InChI is InChI=1S/C14H21FN2OS/c1-4-5-10-19-11(2)17(3)14(18)16-13-9-7-6-8-12(13)15/h6-9,11H,4-5,10H2,1-3H3,(H,16,18). The van der Waals surface area contributed by atoms with E-state index in [1.54, 1.807) is 41.9 Å². The zero-order valence-corrected chi connectivity index (χ0v) is 12.5. The number of carbonyl (C=O) groups is 1. The Labute approximate surface area is 118 Å².